The third-order valence-corrected chi connectivity index (χ3v) is 6.42. The number of aliphatic hydroxyl groups excluding tert-OH is 1. The molecule has 198 valence electrons. The number of piperidine rings is 1. The molecule has 1 amide bonds. The summed E-state index contributed by atoms with van der Waals surface area (Å²) in [5, 5.41) is 19.3. The summed E-state index contributed by atoms with van der Waals surface area (Å²) in [6.07, 6.45) is -17.6. The Kier molecular flexibility index (Phi) is 8.66. The second-order valence-corrected chi connectivity index (χ2v) is 9.06. The number of hydrogen-bond donors (Lipinski definition) is 2. The lowest BCUT2D eigenvalue weighted by Gasteiger charge is -2.38. The SMILES string of the molecule is O=C(OC(C(F)(F)F)C(F)(F)F)N1CCN(Cc2ccc(Cl)cc2N2CCC(C(O)O)CC2)CC1. The van der Waals surface area contributed by atoms with E-state index in [-0.39, 0.29) is 32.1 Å². The van der Waals surface area contributed by atoms with Gasteiger partial charge in [-0.05, 0) is 30.5 Å². The van der Waals surface area contributed by atoms with Gasteiger partial charge in [0, 0.05) is 62.4 Å². The fourth-order valence-corrected chi connectivity index (χ4v) is 4.39. The van der Waals surface area contributed by atoms with Crippen LogP contribution in [0.15, 0.2) is 18.2 Å². The van der Waals surface area contributed by atoms with Gasteiger partial charge in [-0.2, -0.15) is 26.3 Å². The van der Waals surface area contributed by atoms with E-state index < -0.39 is 30.8 Å². The number of piperazine rings is 1. The predicted molar refractivity (Wildman–Crippen MR) is 114 cm³/mol. The molecule has 7 nitrogen and oxygen atoms in total. The normalized spacial score (nSPS) is 19.1. The average molecular weight is 534 g/mol. The molecule has 2 aliphatic rings. The summed E-state index contributed by atoms with van der Waals surface area (Å²) in [6, 6.07) is 5.35. The first-order valence-corrected chi connectivity index (χ1v) is 11.3. The number of ether oxygens (including phenoxy) is 1. The maximum atomic E-state index is 12.7. The van der Waals surface area contributed by atoms with Gasteiger partial charge in [0.25, 0.3) is 6.10 Å². The fourth-order valence-electron chi connectivity index (χ4n) is 4.23. The minimum absolute atomic E-state index is 0.0933. The van der Waals surface area contributed by atoms with E-state index in [1.165, 1.54) is 0 Å². The van der Waals surface area contributed by atoms with Crippen molar-refractivity contribution < 1.29 is 46.1 Å². The number of nitrogens with zero attached hydrogens (tertiary/aromatic N) is 3. The lowest BCUT2D eigenvalue weighted by molar-refractivity contribution is -0.308. The van der Waals surface area contributed by atoms with Crippen LogP contribution >= 0.6 is 11.6 Å². The predicted octanol–water partition coefficient (Wildman–Crippen LogP) is 3.61. The number of benzene rings is 1. The van der Waals surface area contributed by atoms with E-state index >= 15 is 0 Å². The third-order valence-electron chi connectivity index (χ3n) is 6.19. The molecule has 3 rings (SSSR count). The Labute approximate surface area is 202 Å². The van der Waals surface area contributed by atoms with Gasteiger partial charge in [0.05, 0.1) is 0 Å². The van der Waals surface area contributed by atoms with Gasteiger partial charge in [0.2, 0.25) is 0 Å². The van der Waals surface area contributed by atoms with Crippen LogP contribution in [-0.4, -0.2) is 90.1 Å². The molecular weight excluding hydrogens is 508 g/mol. The van der Waals surface area contributed by atoms with Crippen LogP contribution < -0.4 is 4.90 Å². The lowest BCUT2D eigenvalue weighted by Crippen LogP contribution is -2.52. The highest BCUT2D eigenvalue weighted by Gasteiger charge is 2.60. The van der Waals surface area contributed by atoms with Crippen LogP contribution in [0.3, 0.4) is 0 Å². The Morgan fingerprint density at radius 2 is 1.57 bits per heavy atom. The Morgan fingerprint density at radius 3 is 2.09 bits per heavy atom. The van der Waals surface area contributed by atoms with E-state index in [1.54, 1.807) is 12.1 Å². The van der Waals surface area contributed by atoms with E-state index in [9.17, 15) is 41.4 Å². The number of carbonyl (C=O) groups excluding carboxylic acids is 1. The zero-order valence-electron chi connectivity index (χ0n) is 18.5. The maximum absolute atomic E-state index is 12.7. The highest BCUT2D eigenvalue weighted by molar-refractivity contribution is 6.30. The first-order chi connectivity index (χ1) is 16.3. The zero-order chi connectivity index (χ0) is 26.0. The van der Waals surface area contributed by atoms with Crippen molar-refractivity contribution in [2.24, 2.45) is 5.92 Å². The molecule has 2 saturated heterocycles. The molecule has 1 aromatic carbocycles. The number of anilines is 1. The molecule has 0 atom stereocenters. The van der Waals surface area contributed by atoms with Crippen molar-refractivity contribution in [1.29, 1.82) is 0 Å². The monoisotopic (exact) mass is 533 g/mol. The number of hydrogen-bond acceptors (Lipinski definition) is 6. The van der Waals surface area contributed by atoms with Crippen molar-refractivity contribution in [2.45, 2.75) is 44.1 Å². The van der Waals surface area contributed by atoms with Crippen molar-refractivity contribution in [2.75, 3.05) is 44.2 Å². The Morgan fingerprint density at radius 1 is 1.00 bits per heavy atom. The standard InChI is InChI=1S/C21H26ClF6N3O4/c22-15-2-1-14(16(11-15)30-5-3-13(4-6-30)17(32)33)12-29-7-9-31(10-8-29)19(34)35-18(20(23,24)25)21(26,27)28/h1-2,11,13,17-18,32-33H,3-10,12H2. The van der Waals surface area contributed by atoms with Crippen LogP contribution in [0.2, 0.25) is 5.02 Å². The molecular formula is C21H26ClF6N3O4. The molecule has 2 heterocycles. The summed E-state index contributed by atoms with van der Waals surface area (Å²) in [7, 11) is 0. The number of carbonyl (C=O) groups is 1. The summed E-state index contributed by atoms with van der Waals surface area (Å²) in [4.78, 5) is 16.8. The number of aliphatic hydroxyl groups is 2. The second-order valence-electron chi connectivity index (χ2n) is 8.62. The molecule has 0 aromatic heterocycles. The van der Waals surface area contributed by atoms with Crippen LogP contribution in [0.25, 0.3) is 0 Å². The first kappa shape index (κ1) is 27.6. The topological polar surface area (TPSA) is 76.5 Å². The lowest BCUT2D eigenvalue weighted by atomic mass is 9.95. The van der Waals surface area contributed by atoms with Crippen LogP contribution in [-0.2, 0) is 11.3 Å². The molecule has 1 aromatic rings. The first-order valence-electron chi connectivity index (χ1n) is 11.0. The summed E-state index contributed by atoms with van der Waals surface area (Å²) in [6.45, 7) is 1.86. The number of alkyl halides is 6. The highest BCUT2D eigenvalue weighted by Crippen LogP contribution is 2.36. The van der Waals surface area contributed by atoms with E-state index in [0.29, 0.717) is 37.5 Å². The number of halogens is 7. The molecule has 2 aliphatic heterocycles. The van der Waals surface area contributed by atoms with Gasteiger partial charge in [-0.1, -0.05) is 17.7 Å². The molecule has 0 aliphatic carbocycles. The van der Waals surface area contributed by atoms with Crippen LogP contribution in [0, 0.1) is 5.92 Å². The van der Waals surface area contributed by atoms with Crippen LogP contribution in [0.5, 0.6) is 0 Å². The Balaban J connectivity index is 1.59. The molecule has 14 heteroatoms. The van der Waals surface area contributed by atoms with Crippen LogP contribution in [0.1, 0.15) is 18.4 Å². The molecule has 2 fully saturated rings. The molecule has 0 spiro atoms. The van der Waals surface area contributed by atoms with E-state index in [1.807, 2.05) is 11.0 Å². The fraction of sp³-hybridized carbons (Fsp3) is 0.667. The van der Waals surface area contributed by atoms with E-state index in [0.717, 1.165) is 16.2 Å². The second kappa shape index (κ2) is 11.0. The van der Waals surface area contributed by atoms with Crippen LogP contribution in [0.4, 0.5) is 36.8 Å². The minimum atomic E-state index is -5.76. The van der Waals surface area contributed by atoms with Gasteiger partial charge in [0.1, 0.15) is 0 Å². The summed E-state index contributed by atoms with van der Waals surface area (Å²) < 4.78 is 79.8. The Bertz CT molecular complexity index is 856. The highest BCUT2D eigenvalue weighted by atomic mass is 35.5. The molecule has 0 unspecified atom stereocenters. The zero-order valence-corrected chi connectivity index (χ0v) is 19.3. The van der Waals surface area contributed by atoms with Gasteiger partial charge in [-0.25, -0.2) is 4.79 Å². The number of amides is 1. The summed E-state index contributed by atoms with van der Waals surface area (Å²) in [5.41, 5.74) is 1.77. The molecule has 0 saturated carbocycles. The molecule has 2 N–H and O–H groups in total. The van der Waals surface area contributed by atoms with Crippen molar-refractivity contribution in [1.82, 2.24) is 9.80 Å². The maximum Gasteiger partial charge on any atom is 0.434 e. The van der Waals surface area contributed by atoms with Gasteiger partial charge < -0.3 is 24.7 Å². The summed E-state index contributed by atoms with van der Waals surface area (Å²) >= 11 is 6.18. The quantitative estimate of drug-likeness (QED) is 0.445. The summed E-state index contributed by atoms with van der Waals surface area (Å²) in [5.74, 6) is -0.212. The number of rotatable bonds is 5. The average Bonchev–Trinajstić information content (AvgIpc) is 2.77. The molecule has 0 bridgehead atoms. The van der Waals surface area contributed by atoms with Gasteiger partial charge in [0.15, 0.2) is 6.29 Å². The molecule has 0 radical (unpaired) electrons. The smallest absolute Gasteiger partial charge is 0.426 e. The van der Waals surface area contributed by atoms with Gasteiger partial charge in [-0.3, -0.25) is 4.90 Å². The van der Waals surface area contributed by atoms with E-state index in [2.05, 4.69) is 9.64 Å². The van der Waals surface area contributed by atoms with E-state index in [4.69, 9.17) is 11.6 Å². The minimum Gasteiger partial charge on any atom is -0.426 e. The van der Waals surface area contributed by atoms with Crippen molar-refractivity contribution in [3.63, 3.8) is 0 Å². The van der Waals surface area contributed by atoms with Gasteiger partial charge in [-0.15, -0.1) is 0 Å². The Hall–Kier alpha value is -1.96. The van der Waals surface area contributed by atoms with Gasteiger partial charge >= 0.3 is 18.4 Å². The third kappa shape index (κ3) is 7.28. The van der Waals surface area contributed by atoms with Crippen molar-refractivity contribution in [3.05, 3.63) is 28.8 Å². The van der Waals surface area contributed by atoms with Crippen molar-refractivity contribution in [3.8, 4) is 0 Å². The molecule has 35 heavy (non-hydrogen) atoms. The van der Waals surface area contributed by atoms with Crippen molar-refractivity contribution >= 4 is 23.4 Å². The largest absolute Gasteiger partial charge is 0.434 e.